The van der Waals surface area contributed by atoms with Crippen molar-refractivity contribution in [3.63, 3.8) is 0 Å². The SMILES string of the molecule is CC(C)c1cccc2c1CC(=O)NS(=O)(=O)c1ccn(n1)CCOc1cc-2ccn1. The summed E-state index contributed by atoms with van der Waals surface area (Å²) in [5, 5.41) is 3.84. The summed E-state index contributed by atoms with van der Waals surface area (Å²) in [7, 11) is -4.06. The molecule has 3 heterocycles. The van der Waals surface area contributed by atoms with Gasteiger partial charge >= 0.3 is 0 Å². The van der Waals surface area contributed by atoms with Gasteiger partial charge in [0.2, 0.25) is 11.8 Å². The van der Waals surface area contributed by atoms with E-state index in [0.29, 0.717) is 12.4 Å². The topological polar surface area (TPSA) is 103 Å². The van der Waals surface area contributed by atoms with Crippen LogP contribution in [0.3, 0.4) is 0 Å². The maximum atomic E-state index is 12.8. The molecule has 4 rings (SSSR count). The molecule has 0 atom stereocenters. The van der Waals surface area contributed by atoms with Crippen LogP contribution in [0.2, 0.25) is 0 Å². The zero-order chi connectivity index (χ0) is 21.3. The van der Waals surface area contributed by atoms with E-state index >= 15 is 0 Å². The van der Waals surface area contributed by atoms with Crippen molar-refractivity contribution in [1.82, 2.24) is 19.5 Å². The van der Waals surface area contributed by atoms with Gasteiger partial charge in [0.15, 0.2) is 5.03 Å². The molecule has 0 fully saturated rings. The number of aromatic nitrogens is 3. The Bertz CT molecular complexity index is 1200. The minimum absolute atomic E-state index is 0.0812. The molecule has 1 aromatic carbocycles. The maximum Gasteiger partial charge on any atom is 0.283 e. The predicted molar refractivity (Wildman–Crippen MR) is 111 cm³/mol. The van der Waals surface area contributed by atoms with Crippen molar-refractivity contribution in [2.75, 3.05) is 6.61 Å². The third-order valence-corrected chi connectivity index (χ3v) is 6.19. The first-order chi connectivity index (χ1) is 14.3. The smallest absolute Gasteiger partial charge is 0.283 e. The highest BCUT2D eigenvalue weighted by molar-refractivity contribution is 7.90. The van der Waals surface area contributed by atoms with E-state index in [4.69, 9.17) is 4.74 Å². The Hall–Kier alpha value is -3.20. The van der Waals surface area contributed by atoms with Gasteiger partial charge < -0.3 is 4.74 Å². The zero-order valence-electron chi connectivity index (χ0n) is 16.7. The van der Waals surface area contributed by atoms with E-state index in [9.17, 15) is 13.2 Å². The van der Waals surface area contributed by atoms with Gasteiger partial charge in [-0.3, -0.25) is 9.48 Å². The lowest BCUT2D eigenvalue weighted by Gasteiger charge is -2.18. The van der Waals surface area contributed by atoms with Crippen LogP contribution in [0, 0.1) is 0 Å². The first-order valence-corrected chi connectivity index (χ1v) is 11.1. The van der Waals surface area contributed by atoms with E-state index in [-0.39, 0.29) is 24.0 Å². The molecule has 0 saturated heterocycles. The van der Waals surface area contributed by atoms with E-state index in [0.717, 1.165) is 22.3 Å². The molecule has 30 heavy (non-hydrogen) atoms. The minimum Gasteiger partial charge on any atom is -0.476 e. The number of carbonyl (C=O) groups is 1. The number of hydrogen-bond acceptors (Lipinski definition) is 6. The molecule has 2 aromatic heterocycles. The Kier molecular flexibility index (Phi) is 5.29. The number of nitrogens with one attached hydrogen (secondary N) is 1. The lowest BCUT2D eigenvalue weighted by atomic mass is 9.88. The molecular weight excluding hydrogens is 404 g/mol. The maximum absolute atomic E-state index is 12.8. The third-order valence-electron chi connectivity index (χ3n) is 4.93. The summed E-state index contributed by atoms with van der Waals surface area (Å²) in [4.78, 5) is 17.0. The molecule has 1 N–H and O–H groups in total. The lowest BCUT2D eigenvalue weighted by molar-refractivity contribution is -0.118. The Labute approximate surface area is 175 Å². The molecule has 4 bridgehead atoms. The lowest BCUT2D eigenvalue weighted by Crippen LogP contribution is -2.32. The van der Waals surface area contributed by atoms with Gasteiger partial charge in [-0.15, -0.1) is 0 Å². The van der Waals surface area contributed by atoms with Gasteiger partial charge in [0, 0.05) is 18.5 Å². The monoisotopic (exact) mass is 426 g/mol. The van der Waals surface area contributed by atoms with Gasteiger partial charge in [-0.1, -0.05) is 32.0 Å². The number of hydrogen-bond donors (Lipinski definition) is 1. The molecule has 1 aliphatic rings. The van der Waals surface area contributed by atoms with Crippen LogP contribution >= 0.6 is 0 Å². The van der Waals surface area contributed by atoms with Crippen LogP contribution in [-0.2, 0) is 27.8 Å². The van der Waals surface area contributed by atoms with Gasteiger partial charge in [0.1, 0.15) is 6.61 Å². The Balaban J connectivity index is 1.84. The van der Waals surface area contributed by atoms with E-state index < -0.39 is 15.9 Å². The van der Waals surface area contributed by atoms with Gasteiger partial charge in [-0.05, 0) is 40.3 Å². The number of amides is 1. The fourth-order valence-electron chi connectivity index (χ4n) is 3.52. The number of benzene rings is 1. The highest BCUT2D eigenvalue weighted by Gasteiger charge is 2.23. The molecule has 156 valence electrons. The summed E-state index contributed by atoms with van der Waals surface area (Å²) < 4.78 is 34.6. The second-order valence-electron chi connectivity index (χ2n) is 7.38. The normalized spacial score (nSPS) is 16.0. The van der Waals surface area contributed by atoms with Crippen molar-refractivity contribution in [3.8, 4) is 17.0 Å². The number of fused-ring (bicyclic) bond motifs is 6. The molecule has 8 nitrogen and oxygen atoms in total. The van der Waals surface area contributed by atoms with Crippen molar-refractivity contribution in [2.45, 2.75) is 37.8 Å². The van der Waals surface area contributed by atoms with Crippen LogP contribution in [0.25, 0.3) is 11.1 Å². The molecule has 0 unspecified atom stereocenters. The summed E-state index contributed by atoms with van der Waals surface area (Å²) >= 11 is 0. The summed E-state index contributed by atoms with van der Waals surface area (Å²) in [6, 6.07) is 10.8. The standard InChI is InChI=1S/C21H22N4O4S/c1-14(2)16-4-3-5-17-15-6-8-22-20(12-15)29-11-10-25-9-7-21(23-25)30(27,28)24-19(26)13-18(16)17/h3-9,12,14H,10-11,13H2,1-2H3,(H,24,26). The van der Waals surface area contributed by atoms with E-state index in [1.807, 2.05) is 44.2 Å². The van der Waals surface area contributed by atoms with Crippen molar-refractivity contribution in [1.29, 1.82) is 0 Å². The van der Waals surface area contributed by atoms with Crippen LogP contribution in [0.4, 0.5) is 0 Å². The van der Waals surface area contributed by atoms with Gasteiger partial charge in [0.25, 0.3) is 10.0 Å². The third kappa shape index (κ3) is 4.06. The number of carbonyl (C=O) groups excluding carboxylic acids is 1. The first kappa shape index (κ1) is 20.1. The summed E-state index contributed by atoms with van der Waals surface area (Å²) in [5.74, 6) is -0.00766. The minimum atomic E-state index is -4.06. The van der Waals surface area contributed by atoms with Crippen molar-refractivity contribution in [3.05, 3.63) is 59.9 Å². The summed E-state index contributed by atoms with van der Waals surface area (Å²) in [5.41, 5.74) is 3.45. The molecule has 0 radical (unpaired) electrons. The Morgan fingerprint density at radius 1 is 1.20 bits per heavy atom. The average molecular weight is 426 g/mol. The molecule has 3 aromatic rings. The second kappa shape index (κ2) is 7.91. The van der Waals surface area contributed by atoms with Gasteiger partial charge in [-0.2, -0.15) is 13.5 Å². The molecule has 9 heteroatoms. The second-order valence-corrected chi connectivity index (χ2v) is 9.01. The number of sulfonamides is 1. The fourth-order valence-corrected chi connectivity index (χ4v) is 4.45. The Morgan fingerprint density at radius 2 is 2.03 bits per heavy atom. The van der Waals surface area contributed by atoms with E-state index in [1.165, 1.54) is 16.9 Å². The quantitative estimate of drug-likeness (QED) is 0.641. The number of rotatable bonds is 1. The van der Waals surface area contributed by atoms with Crippen LogP contribution < -0.4 is 9.46 Å². The number of pyridine rings is 1. The Morgan fingerprint density at radius 3 is 2.83 bits per heavy atom. The van der Waals surface area contributed by atoms with Crippen LogP contribution in [0.15, 0.2) is 53.8 Å². The van der Waals surface area contributed by atoms with Crippen molar-refractivity contribution in [2.24, 2.45) is 0 Å². The predicted octanol–water partition coefficient (Wildman–Crippen LogP) is 2.51. The van der Waals surface area contributed by atoms with Crippen molar-refractivity contribution < 1.29 is 17.9 Å². The highest BCUT2D eigenvalue weighted by Crippen LogP contribution is 2.32. The van der Waals surface area contributed by atoms with Crippen molar-refractivity contribution >= 4 is 15.9 Å². The number of nitrogens with zero attached hydrogens (tertiary/aromatic N) is 3. The van der Waals surface area contributed by atoms with Crippen LogP contribution in [0.5, 0.6) is 5.88 Å². The van der Waals surface area contributed by atoms with Crippen LogP contribution in [0.1, 0.15) is 30.9 Å². The highest BCUT2D eigenvalue weighted by atomic mass is 32.2. The average Bonchev–Trinajstić information content (AvgIpc) is 3.17. The zero-order valence-corrected chi connectivity index (χ0v) is 17.5. The fraction of sp³-hybridized carbons (Fsp3) is 0.286. The summed E-state index contributed by atoms with van der Waals surface area (Å²) in [6.07, 6.45) is 3.11. The molecular formula is C21H22N4O4S. The largest absolute Gasteiger partial charge is 0.476 e. The molecule has 0 saturated carbocycles. The molecule has 0 aliphatic carbocycles. The first-order valence-electron chi connectivity index (χ1n) is 9.63. The van der Waals surface area contributed by atoms with E-state index in [1.54, 1.807) is 6.20 Å². The van der Waals surface area contributed by atoms with E-state index in [2.05, 4.69) is 14.8 Å². The molecule has 1 aliphatic heterocycles. The summed E-state index contributed by atoms with van der Waals surface area (Å²) in [6.45, 7) is 4.67. The molecule has 0 spiro atoms. The number of ether oxygens (including phenoxy) is 1. The van der Waals surface area contributed by atoms with Gasteiger partial charge in [0.05, 0.1) is 13.0 Å². The van der Waals surface area contributed by atoms with Crippen LogP contribution in [-0.4, -0.2) is 35.7 Å². The van der Waals surface area contributed by atoms with Gasteiger partial charge in [-0.25, -0.2) is 9.71 Å². The molecule has 1 amide bonds.